The van der Waals surface area contributed by atoms with Crippen LogP contribution in [0.5, 0.6) is 17.2 Å². The highest BCUT2D eigenvalue weighted by Crippen LogP contribution is 2.38. The van der Waals surface area contributed by atoms with E-state index in [2.05, 4.69) is 4.99 Å². The number of carbonyl (C=O) groups excluding carboxylic acids is 1. The molecule has 1 atom stereocenters. The molecule has 0 saturated heterocycles. The van der Waals surface area contributed by atoms with Crippen LogP contribution in [-0.4, -0.2) is 45.7 Å². The third-order valence-corrected chi connectivity index (χ3v) is 4.20. The van der Waals surface area contributed by atoms with Gasteiger partial charge in [0.15, 0.2) is 23.3 Å². The Bertz CT molecular complexity index is 817. The standard InChI is InChI=1S/C20H21NO5/c1-12-5-7-13(8-6-12)20-21-15(11-26-20)18(22)14-9-16(23-2)19(25-4)17(10-14)24-3/h5-10,15H,11H2,1-4H3. The van der Waals surface area contributed by atoms with Crippen molar-refractivity contribution in [2.24, 2.45) is 4.99 Å². The molecule has 0 aliphatic carbocycles. The summed E-state index contributed by atoms with van der Waals surface area (Å²) in [6.45, 7) is 2.22. The Morgan fingerprint density at radius 2 is 1.65 bits per heavy atom. The number of ether oxygens (including phenoxy) is 4. The number of benzene rings is 2. The first-order chi connectivity index (χ1) is 12.6. The molecule has 0 spiro atoms. The number of aliphatic imine (C=N–C) groups is 1. The maximum absolute atomic E-state index is 12.9. The number of ketones is 1. The zero-order valence-corrected chi connectivity index (χ0v) is 15.2. The van der Waals surface area contributed by atoms with Crippen LogP contribution in [0, 0.1) is 6.92 Å². The van der Waals surface area contributed by atoms with E-state index in [1.54, 1.807) is 12.1 Å². The Hall–Kier alpha value is -3.02. The van der Waals surface area contributed by atoms with Crippen molar-refractivity contribution in [2.45, 2.75) is 13.0 Å². The summed E-state index contributed by atoms with van der Waals surface area (Å²) < 4.78 is 21.5. The maximum atomic E-state index is 12.9. The van der Waals surface area contributed by atoms with Crippen LogP contribution >= 0.6 is 0 Å². The van der Waals surface area contributed by atoms with Crippen LogP contribution in [0.3, 0.4) is 0 Å². The Balaban J connectivity index is 1.89. The molecule has 0 aromatic heterocycles. The molecule has 0 fully saturated rings. The summed E-state index contributed by atoms with van der Waals surface area (Å²) in [5.41, 5.74) is 2.44. The van der Waals surface area contributed by atoms with Gasteiger partial charge >= 0.3 is 0 Å². The smallest absolute Gasteiger partial charge is 0.217 e. The Morgan fingerprint density at radius 1 is 1.04 bits per heavy atom. The van der Waals surface area contributed by atoms with Gasteiger partial charge in [0.1, 0.15) is 6.61 Å². The van der Waals surface area contributed by atoms with Crippen LogP contribution < -0.4 is 14.2 Å². The summed E-state index contributed by atoms with van der Waals surface area (Å²) in [4.78, 5) is 17.3. The van der Waals surface area contributed by atoms with E-state index < -0.39 is 6.04 Å². The molecule has 6 nitrogen and oxygen atoms in total. The van der Waals surface area contributed by atoms with Crippen molar-refractivity contribution in [3.63, 3.8) is 0 Å². The van der Waals surface area contributed by atoms with Gasteiger partial charge < -0.3 is 18.9 Å². The van der Waals surface area contributed by atoms with Gasteiger partial charge in [-0.25, -0.2) is 4.99 Å². The monoisotopic (exact) mass is 355 g/mol. The minimum absolute atomic E-state index is 0.161. The quantitative estimate of drug-likeness (QED) is 0.745. The molecule has 1 unspecified atom stereocenters. The molecule has 26 heavy (non-hydrogen) atoms. The molecule has 3 rings (SSSR count). The molecule has 0 bridgehead atoms. The molecule has 1 heterocycles. The molecule has 1 aliphatic heterocycles. The third kappa shape index (κ3) is 3.35. The first kappa shape index (κ1) is 17.8. The van der Waals surface area contributed by atoms with Gasteiger partial charge in [-0.05, 0) is 31.2 Å². The van der Waals surface area contributed by atoms with Gasteiger partial charge in [-0.3, -0.25) is 4.79 Å². The van der Waals surface area contributed by atoms with Gasteiger partial charge in [0.25, 0.3) is 0 Å². The van der Waals surface area contributed by atoms with Crippen LogP contribution in [0.25, 0.3) is 0 Å². The summed E-state index contributed by atoms with van der Waals surface area (Å²) in [6, 6.07) is 10.5. The summed E-state index contributed by atoms with van der Waals surface area (Å²) >= 11 is 0. The summed E-state index contributed by atoms with van der Waals surface area (Å²) in [7, 11) is 4.54. The number of carbonyl (C=O) groups is 1. The minimum atomic E-state index is -0.603. The summed E-state index contributed by atoms with van der Waals surface area (Å²) in [6.07, 6.45) is 0. The molecule has 0 radical (unpaired) electrons. The zero-order chi connectivity index (χ0) is 18.7. The van der Waals surface area contributed by atoms with Crippen molar-refractivity contribution < 1.29 is 23.7 Å². The van der Waals surface area contributed by atoms with E-state index in [-0.39, 0.29) is 12.4 Å². The normalized spacial score (nSPS) is 15.8. The second-order valence-corrected chi connectivity index (χ2v) is 5.91. The molecule has 136 valence electrons. The molecule has 2 aromatic carbocycles. The van der Waals surface area contributed by atoms with Crippen LogP contribution in [0.4, 0.5) is 0 Å². The largest absolute Gasteiger partial charge is 0.493 e. The van der Waals surface area contributed by atoms with E-state index in [4.69, 9.17) is 18.9 Å². The minimum Gasteiger partial charge on any atom is -0.493 e. The van der Waals surface area contributed by atoms with E-state index in [1.807, 2.05) is 31.2 Å². The van der Waals surface area contributed by atoms with Gasteiger partial charge in [0, 0.05) is 11.1 Å². The molecule has 6 heteroatoms. The lowest BCUT2D eigenvalue weighted by Crippen LogP contribution is -2.20. The molecular weight excluding hydrogens is 334 g/mol. The highest BCUT2D eigenvalue weighted by atomic mass is 16.5. The highest BCUT2D eigenvalue weighted by Gasteiger charge is 2.29. The molecule has 2 aromatic rings. The average molecular weight is 355 g/mol. The lowest BCUT2D eigenvalue weighted by molar-refractivity contribution is 0.0947. The predicted molar refractivity (Wildman–Crippen MR) is 97.9 cm³/mol. The lowest BCUT2D eigenvalue weighted by atomic mass is 10.0. The number of Topliss-reactive ketones (excluding diaryl/α,β-unsaturated/α-hetero) is 1. The number of rotatable bonds is 6. The van der Waals surface area contributed by atoms with Gasteiger partial charge in [-0.1, -0.05) is 17.7 Å². The number of aryl methyl sites for hydroxylation is 1. The van der Waals surface area contributed by atoms with Crippen LogP contribution in [0.2, 0.25) is 0 Å². The maximum Gasteiger partial charge on any atom is 0.217 e. The van der Waals surface area contributed by atoms with E-state index in [0.29, 0.717) is 28.7 Å². The van der Waals surface area contributed by atoms with Crippen molar-refractivity contribution >= 4 is 11.7 Å². The topological polar surface area (TPSA) is 66.4 Å². The molecule has 1 aliphatic rings. The highest BCUT2D eigenvalue weighted by molar-refractivity contribution is 6.05. The second-order valence-electron chi connectivity index (χ2n) is 5.91. The van der Waals surface area contributed by atoms with E-state index in [1.165, 1.54) is 21.3 Å². The van der Waals surface area contributed by atoms with Gasteiger partial charge in [0.2, 0.25) is 11.6 Å². The van der Waals surface area contributed by atoms with E-state index >= 15 is 0 Å². The Labute approximate surface area is 152 Å². The van der Waals surface area contributed by atoms with Crippen molar-refractivity contribution in [3.8, 4) is 17.2 Å². The fourth-order valence-corrected chi connectivity index (χ4v) is 2.78. The second kappa shape index (κ2) is 7.47. The van der Waals surface area contributed by atoms with Crippen LogP contribution in [-0.2, 0) is 4.74 Å². The third-order valence-electron chi connectivity index (χ3n) is 4.20. The number of hydrogen-bond donors (Lipinski definition) is 0. The fourth-order valence-electron chi connectivity index (χ4n) is 2.78. The lowest BCUT2D eigenvalue weighted by Gasteiger charge is -2.14. The van der Waals surface area contributed by atoms with Gasteiger partial charge in [-0.15, -0.1) is 0 Å². The fraction of sp³-hybridized carbons (Fsp3) is 0.300. The van der Waals surface area contributed by atoms with Crippen LogP contribution in [0.15, 0.2) is 41.4 Å². The summed E-state index contributed by atoms with van der Waals surface area (Å²) in [5, 5.41) is 0. The van der Waals surface area contributed by atoms with Crippen molar-refractivity contribution in [2.75, 3.05) is 27.9 Å². The molecule has 0 saturated carbocycles. The van der Waals surface area contributed by atoms with E-state index in [0.717, 1.165) is 11.1 Å². The number of nitrogens with zero attached hydrogens (tertiary/aromatic N) is 1. The van der Waals surface area contributed by atoms with Crippen molar-refractivity contribution in [1.29, 1.82) is 0 Å². The van der Waals surface area contributed by atoms with Crippen molar-refractivity contribution in [3.05, 3.63) is 53.1 Å². The van der Waals surface area contributed by atoms with Crippen molar-refractivity contribution in [1.82, 2.24) is 0 Å². The SMILES string of the molecule is COc1cc(C(=O)C2COC(c3ccc(C)cc3)=N2)cc(OC)c1OC. The molecule has 0 N–H and O–H groups in total. The Kier molecular flexibility index (Phi) is 5.11. The number of hydrogen-bond acceptors (Lipinski definition) is 6. The predicted octanol–water partition coefficient (Wildman–Crippen LogP) is 3.05. The van der Waals surface area contributed by atoms with E-state index in [9.17, 15) is 4.79 Å². The Morgan fingerprint density at radius 3 is 2.19 bits per heavy atom. The van der Waals surface area contributed by atoms with Crippen LogP contribution in [0.1, 0.15) is 21.5 Å². The summed E-state index contributed by atoms with van der Waals surface area (Å²) in [5.74, 6) is 1.62. The number of methoxy groups -OCH3 is 3. The zero-order valence-electron chi connectivity index (χ0n) is 15.2. The van der Waals surface area contributed by atoms with Gasteiger partial charge in [0.05, 0.1) is 21.3 Å². The first-order valence-corrected chi connectivity index (χ1v) is 8.19. The molecular formula is C20H21NO5. The molecule has 0 amide bonds. The first-order valence-electron chi connectivity index (χ1n) is 8.19. The van der Waals surface area contributed by atoms with Gasteiger partial charge in [-0.2, -0.15) is 0 Å². The average Bonchev–Trinajstić information content (AvgIpc) is 3.16.